The van der Waals surface area contributed by atoms with E-state index in [1.165, 1.54) is 0 Å². The molecule has 6 nitrogen and oxygen atoms in total. The van der Waals surface area contributed by atoms with Crippen LogP contribution in [0.4, 0.5) is 0 Å². The molecule has 0 aliphatic carbocycles. The molecule has 1 aliphatic rings. The summed E-state index contributed by atoms with van der Waals surface area (Å²) in [6.07, 6.45) is 0. The minimum absolute atomic E-state index is 0.0208. The van der Waals surface area contributed by atoms with Crippen molar-refractivity contribution in [3.63, 3.8) is 0 Å². The Morgan fingerprint density at radius 3 is 2.20 bits per heavy atom. The van der Waals surface area contributed by atoms with Gasteiger partial charge in [-0.25, -0.2) is 0 Å². The number of nitrogens with one attached hydrogen (secondary N) is 2. The number of rotatable bonds is 2. The monoisotopic (exact) mass is 217 g/mol. The van der Waals surface area contributed by atoms with Crippen molar-refractivity contribution >= 4 is 11.9 Å². The molecule has 6 heteroatoms. The summed E-state index contributed by atoms with van der Waals surface area (Å²) >= 11 is 0. The molecule has 5 N–H and O–H groups in total. The maximum absolute atomic E-state index is 10.3. The van der Waals surface area contributed by atoms with Crippen molar-refractivity contribution < 1.29 is 14.7 Å². The SMILES string of the molecule is CC(C)[C@H](N)C(=O)O.O=C1CNCCN1. The predicted molar refractivity (Wildman–Crippen MR) is 56.3 cm³/mol. The number of aliphatic carboxylic acids is 1. The molecule has 0 unspecified atom stereocenters. The van der Waals surface area contributed by atoms with Gasteiger partial charge in [0.25, 0.3) is 0 Å². The van der Waals surface area contributed by atoms with Crippen molar-refractivity contribution in [3.05, 3.63) is 0 Å². The molecule has 1 amide bonds. The highest BCUT2D eigenvalue weighted by Gasteiger charge is 2.14. The van der Waals surface area contributed by atoms with Crippen molar-refractivity contribution in [2.45, 2.75) is 19.9 Å². The Kier molecular flexibility index (Phi) is 6.64. The van der Waals surface area contributed by atoms with Gasteiger partial charge < -0.3 is 21.5 Å². The van der Waals surface area contributed by atoms with Crippen LogP contribution < -0.4 is 16.4 Å². The van der Waals surface area contributed by atoms with Gasteiger partial charge in [0, 0.05) is 13.1 Å². The van der Waals surface area contributed by atoms with E-state index in [9.17, 15) is 9.59 Å². The maximum atomic E-state index is 10.3. The van der Waals surface area contributed by atoms with Gasteiger partial charge in [-0.3, -0.25) is 9.59 Å². The highest BCUT2D eigenvalue weighted by atomic mass is 16.4. The molecule has 0 aromatic rings. The second-order valence-corrected chi connectivity index (χ2v) is 3.63. The molecule has 1 fully saturated rings. The summed E-state index contributed by atoms with van der Waals surface area (Å²) in [6, 6.07) is -0.713. The molecule has 1 rings (SSSR count). The molecule has 88 valence electrons. The van der Waals surface area contributed by atoms with Crippen LogP contribution in [0.1, 0.15) is 13.8 Å². The second kappa shape index (κ2) is 7.19. The average Bonchev–Trinajstić information content (AvgIpc) is 2.18. The Morgan fingerprint density at radius 1 is 1.47 bits per heavy atom. The zero-order valence-corrected chi connectivity index (χ0v) is 9.12. The summed E-state index contributed by atoms with van der Waals surface area (Å²) in [4.78, 5) is 20.3. The van der Waals surface area contributed by atoms with Crippen LogP contribution >= 0.6 is 0 Å². The van der Waals surface area contributed by atoms with Crippen molar-refractivity contribution in [3.8, 4) is 0 Å². The number of hydrogen-bond acceptors (Lipinski definition) is 4. The standard InChI is InChI=1S/C5H11NO2.C4H8N2O/c1-3(2)4(6)5(7)8;7-4-3-5-1-2-6-4/h3-4H,6H2,1-2H3,(H,7,8);5H,1-3H2,(H,6,7)/t4-;/m0./s1. The number of carbonyl (C=O) groups is 2. The number of carbonyl (C=O) groups excluding carboxylic acids is 1. The molecule has 0 spiro atoms. The van der Waals surface area contributed by atoms with E-state index in [0.717, 1.165) is 13.1 Å². The molecule has 0 aromatic carbocycles. The van der Waals surface area contributed by atoms with Crippen molar-refractivity contribution in [2.24, 2.45) is 11.7 Å². The van der Waals surface area contributed by atoms with Crippen LogP contribution in [0.5, 0.6) is 0 Å². The first-order chi connectivity index (χ1) is 6.95. The lowest BCUT2D eigenvalue weighted by Gasteiger charge is -2.11. The summed E-state index contributed by atoms with van der Waals surface area (Å²) in [7, 11) is 0. The Morgan fingerprint density at radius 2 is 2.07 bits per heavy atom. The molecule has 0 bridgehead atoms. The van der Waals surface area contributed by atoms with Crippen LogP contribution in [0.15, 0.2) is 0 Å². The van der Waals surface area contributed by atoms with Crippen molar-refractivity contribution in [2.75, 3.05) is 19.6 Å². The zero-order chi connectivity index (χ0) is 11.8. The van der Waals surface area contributed by atoms with Gasteiger partial charge in [-0.05, 0) is 5.92 Å². The molecular weight excluding hydrogens is 198 g/mol. The van der Waals surface area contributed by atoms with E-state index >= 15 is 0 Å². The average molecular weight is 217 g/mol. The Hall–Kier alpha value is -1.14. The number of hydrogen-bond donors (Lipinski definition) is 4. The van der Waals surface area contributed by atoms with Gasteiger partial charge in [0.05, 0.1) is 6.54 Å². The van der Waals surface area contributed by atoms with Gasteiger partial charge in [-0.15, -0.1) is 0 Å². The molecule has 1 heterocycles. The van der Waals surface area contributed by atoms with Gasteiger partial charge in [-0.2, -0.15) is 0 Å². The molecule has 1 saturated heterocycles. The van der Waals surface area contributed by atoms with Gasteiger partial charge in [0.15, 0.2) is 0 Å². The Balaban J connectivity index is 0.000000262. The number of carboxylic acid groups (broad SMARTS) is 1. The minimum Gasteiger partial charge on any atom is -0.480 e. The number of nitrogens with two attached hydrogens (primary N) is 1. The second-order valence-electron chi connectivity index (χ2n) is 3.63. The van der Waals surface area contributed by atoms with E-state index in [2.05, 4.69) is 10.6 Å². The summed E-state index contributed by atoms with van der Waals surface area (Å²) in [5.41, 5.74) is 5.16. The summed E-state index contributed by atoms with van der Waals surface area (Å²) in [5.74, 6) is -0.807. The van der Waals surface area contributed by atoms with Crippen LogP contribution in [0.3, 0.4) is 0 Å². The van der Waals surface area contributed by atoms with Crippen molar-refractivity contribution in [1.82, 2.24) is 10.6 Å². The normalized spacial score (nSPS) is 17.5. The fourth-order valence-corrected chi connectivity index (χ4v) is 0.840. The third kappa shape index (κ3) is 6.87. The smallest absolute Gasteiger partial charge is 0.320 e. The molecular formula is C9H19N3O3. The summed E-state index contributed by atoms with van der Waals surface area (Å²) in [5, 5.41) is 13.8. The van der Waals surface area contributed by atoms with Gasteiger partial charge in [0.1, 0.15) is 6.04 Å². The van der Waals surface area contributed by atoms with Crippen LogP contribution in [-0.4, -0.2) is 42.7 Å². The van der Waals surface area contributed by atoms with Crippen LogP contribution in [0, 0.1) is 5.92 Å². The van der Waals surface area contributed by atoms with E-state index in [1.807, 2.05) is 0 Å². The van der Waals surface area contributed by atoms with Gasteiger partial charge >= 0.3 is 5.97 Å². The highest BCUT2D eigenvalue weighted by Crippen LogP contribution is 1.96. The molecule has 0 aromatic heterocycles. The zero-order valence-electron chi connectivity index (χ0n) is 9.12. The number of carboxylic acids is 1. The topological polar surface area (TPSA) is 104 Å². The third-order valence-electron chi connectivity index (χ3n) is 1.91. The first-order valence-electron chi connectivity index (χ1n) is 4.91. The highest BCUT2D eigenvalue weighted by molar-refractivity contribution is 5.78. The number of amides is 1. The van der Waals surface area contributed by atoms with E-state index in [-0.39, 0.29) is 11.8 Å². The Labute approximate surface area is 89.2 Å². The van der Waals surface area contributed by atoms with Crippen molar-refractivity contribution in [1.29, 1.82) is 0 Å². The largest absolute Gasteiger partial charge is 0.480 e. The molecule has 0 radical (unpaired) electrons. The molecule has 1 atom stereocenters. The van der Waals surface area contributed by atoms with E-state index in [1.54, 1.807) is 13.8 Å². The minimum atomic E-state index is -0.931. The Bertz CT molecular complexity index is 211. The van der Waals surface area contributed by atoms with E-state index < -0.39 is 12.0 Å². The quantitative estimate of drug-likeness (QED) is 0.463. The summed E-state index contributed by atoms with van der Waals surface area (Å²) < 4.78 is 0. The summed E-state index contributed by atoms with van der Waals surface area (Å²) in [6.45, 7) is 5.72. The first-order valence-corrected chi connectivity index (χ1v) is 4.91. The van der Waals surface area contributed by atoms with Crippen LogP contribution in [0.2, 0.25) is 0 Å². The van der Waals surface area contributed by atoms with Gasteiger partial charge in [-0.1, -0.05) is 13.8 Å². The van der Waals surface area contributed by atoms with Crippen LogP contribution in [-0.2, 0) is 9.59 Å². The lowest BCUT2D eigenvalue weighted by atomic mass is 10.1. The maximum Gasteiger partial charge on any atom is 0.320 e. The lowest BCUT2D eigenvalue weighted by molar-refractivity contribution is -0.139. The van der Waals surface area contributed by atoms with Gasteiger partial charge in [0.2, 0.25) is 5.91 Å². The van der Waals surface area contributed by atoms with E-state index in [4.69, 9.17) is 10.8 Å². The first kappa shape index (κ1) is 13.9. The van der Waals surface area contributed by atoms with Crippen LogP contribution in [0.25, 0.3) is 0 Å². The number of piperazine rings is 1. The predicted octanol–water partition coefficient (Wildman–Crippen LogP) is -1.24. The lowest BCUT2D eigenvalue weighted by Crippen LogP contribution is -2.44. The molecule has 0 saturated carbocycles. The van der Waals surface area contributed by atoms with E-state index in [0.29, 0.717) is 6.54 Å². The molecule has 15 heavy (non-hydrogen) atoms. The fraction of sp³-hybridized carbons (Fsp3) is 0.778. The fourth-order valence-electron chi connectivity index (χ4n) is 0.840. The molecule has 1 aliphatic heterocycles. The third-order valence-corrected chi connectivity index (χ3v) is 1.91.